The van der Waals surface area contributed by atoms with Crippen LogP contribution in [-0.4, -0.2) is 54.4 Å². The normalized spacial score (nSPS) is 20.1. The molecule has 0 fully saturated rings. The van der Waals surface area contributed by atoms with Crippen LogP contribution in [0.25, 0.3) is 0 Å². The predicted octanol–water partition coefficient (Wildman–Crippen LogP) is 12.1. The number of fused-ring (bicyclic) bond motifs is 2. The van der Waals surface area contributed by atoms with Crippen LogP contribution in [0.2, 0.25) is 6.04 Å². The molecule has 2 aliphatic heterocycles. The van der Waals surface area contributed by atoms with Crippen LogP contribution in [0.15, 0.2) is 120 Å². The molecule has 312 valence electrons. The van der Waals surface area contributed by atoms with Crippen LogP contribution in [0.4, 0.5) is 11.4 Å². The molecule has 8 heteroatoms. The minimum Gasteiger partial charge on any atom is -0.494 e. The Morgan fingerprint density at radius 3 is 1.98 bits per heavy atom. The average molecular weight is 805 g/mol. The molecule has 58 heavy (non-hydrogen) atoms. The van der Waals surface area contributed by atoms with Gasteiger partial charge in [0.25, 0.3) is 0 Å². The molecule has 3 aromatic carbocycles. The maximum absolute atomic E-state index is 6.99. The summed E-state index contributed by atoms with van der Waals surface area (Å²) in [6.07, 6.45) is 14.7. The van der Waals surface area contributed by atoms with E-state index >= 15 is 0 Å². The van der Waals surface area contributed by atoms with E-state index in [1.165, 1.54) is 39.3 Å². The van der Waals surface area contributed by atoms with Crippen LogP contribution in [0.1, 0.15) is 106 Å². The Morgan fingerprint density at radius 1 is 0.707 bits per heavy atom. The van der Waals surface area contributed by atoms with Crippen molar-refractivity contribution in [3.63, 3.8) is 0 Å². The summed E-state index contributed by atoms with van der Waals surface area (Å²) in [4.78, 5) is 5.12. The Bertz CT molecular complexity index is 1940. The van der Waals surface area contributed by atoms with Crippen molar-refractivity contribution in [3.05, 3.63) is 131 Å². The van der Waals surface area contributed by atoms with Gasteiger partial charge in [0.2, 0.25) is 0 Å². The highest BCUT2D eigenvalue weighted by Gasteiger charge is 2.43. The predicted molar refractivity (Wildman–Crippen MR) is 242 cm³/mol. The van der Waals surface area contributed by atoms with E-state index in [4.69, 9.17) is 22.8 Å². The minimum absolute atomic E-state index is 0.0284. The molecule has 0 radical (unpaired) electrons. The molecule has 1 unspecified atom stereocenters. The van der Waals surface area contributed by atoms with E-state index in [9.17, 15) is 0 Å². The number of nitrogens with zero attached hydrogens (tertiary/aromatic N) is 2. The van der Waals surface area contributed by atoms with Gasteiger partial charge in [0, 0.05) is 60.8 Å². The first-order valence-corrected chi connectivity index (χ1v) is 23.8. The summed E-state index contributed by atoms with van der Waals surface area (Å²) in [5, 5.41) is 0. The van der Waals surface area contributed by atoms with Crippen molar-refractivity contribution < 1.29 is 22.8 Å². The van der Waals surface area contributed by atoms with E-state index in [0.717, 1.165) is 62.5 Å². The lowest BCUT2D eigenvalue weighted by molar-refractivity contribution is 0.0675. The molecular weight excluding hydrogens is 737 g/mol. The van der Waals surface area contributed by atoms with Gasteiger partial charge in [0.1, 0.15) is 17.3 Å². The highest BCUT2D eigenvalue weighted by atomic mass is 28.4. The van der Waals surface area contributed by atoms with Crippen molar-refractivity contribution in [2.75, 3.05) is 49.3 Å². The Kier molecular flexibility index (Phi) is 14.5. The molecule has 0 saturated heterocycles. The van der Waals surface area contributed by atoms with Crippen LogP contribution in [0.3, 0.4) is 0 Å². The lowest BCUT2D eigenvalue weighted by atomic mass is 9.80. The second-order valence-electron chi connectivity index (χ2n) is 16.6. The molecule has 7 nitrogen and oxygen atoms in total. The van der Waals surface area contributed by atoms with Crippen LogP contribution in [0.5, 0.6) is 11.5 Å². The van der Waals surface area contributed by atoms with Crippen LogP contribution >= 0.6 is 0 Å². The maximum atomic E-state index is 6.99. The summed E-state index contributed by atoms with van der Waals surface area (Å²) in [6.45, 7) is 24.0. The van der Waals surface area contributed by atoms with E-state index in [1.807, 2.05) is 45.0 Å². The summed E-state index contributed by atoms with van der Waals surface area (Å²) < 4.78 is 31.3. The number of rotatable bonds is 19. The monoisotopic (exact) mass is 804 g/mol. The topological polar surface area (TPSA) is 52.6 Å². The summed E-state index contributed by atoms with van der Waals surface area (Å²) in [7, 11) is -2.79. The van der Waals surface area contributed by atoms with Gasteiger partial charge in [0.05, 0.1) is 18.7 Å². The van der Waals surface area contributed by atoms with E-state index in [2.05, 4.69) is 124 Å². The van der Waals surface area contributed by atoms with Crippen LogP contribution in [0, 0.1) is 0 Å². The Morgan fingerprint density at radius 2 is 1.33 bits per heavy atom. The van der Waals surface area contributed by atoms with Gasteiger partial charge in [0.15, 0.2) is 0 Å². The molecule has 1 aliphatic carbocycles. The van der Waals surface area contributed by atoms with Crippen LogP contribution < -0.4 is 19.3 Å². The summed E-state index contributed by atoms with van der Waals surface area (Å²) >= 11 is 0. The molecule has 0 aromatic heterocycles. The lowest BCUT2D eigenvalue weighted by Gasteiger charge is -2.32. The van der Waals surface area contributed by atoms with Crippen molar-refractivity contribution in [2.45, 2.75) is 117 Å². The summed E-state index contributed by atoms with van der Waals surface area (Å²) in [5.41, 5.74) is 9.13. The van der Waals surface area contributed by atoms with Gasteiger partial charge in [-0.3, -0.25) is 0 Å². The van der Waals surface area contributed by atoms with E-state index in [0.29, 0.717) is 32.5 Å². The molecule has 0 bridgehead atoms. The standard InChI is InChI=1S/C50H68N2O5Si/c1-10-34-51-44-24-17-15-22-42(44)49(6,7)46(51)32-26-38-20-19-21-39(27-33-47-50(8,9)43-23-16-18-25-45(43)52(47)35-11-2)48(38)57-41-30-28-40(29-31-41)53-36-37-58(54-12-3,55-13-4)56-14-5/h15-18,22-33,46H,10-14,19-21,34-37H2,1-9H3/b32-26+,39-27+,47-33+. The maximum Gasteiger partial charge on any atom is 0.504 e. The average Bonchev–Trinajstić information content (AvgIpc) is 3.56. The fourth-order valence-corrected chi connectivity index (χ4v) is 11.5. The molecule has 2 heterocycles. The first-order chi connectivity index (χ1) is 28.0. The summed E-state index contributed by atoms with van der Waals surface area (Å²) in [6, 6.07) is 26.7. The third-order valence-electron chi connectivity index (χ3n) is 11.9. The second-order valence-corrected chi connectivity index (χ2v) is 19.4. The van der Waals surface area contributed by atoms with Crippen molar-refractivity contribution in [3.8, 4) is 11.5 Å². The Hall–Kier alpha value is -4.08. The molecule has 0 spiro atoms. The summed E-state index contributed by atoms with van der Waals surface area (Å²) in [5.74, 6) is 2.52. The van der Waals surface area contributed by atoms with Crippen molar-refractivity contribution >= 4 is 20.2 Å². The molecule has 0 saturated carbocycles. The van der Waals surface area contributed by atoms with Gasteiger partial charge in [-0.05, 0) is 118 Å². The zero-order valence-electron chi connectivity index (χ0n) is 36.7. The molecule has 3 aromatic rings. The Balaban J connectivity index is 1.33. The zero-order chi connectivity index (χ0) is 41.3. The fourth-order valence-electron chi connectivity index (χ4n) is 9.17. The highest BCUT2D eigenvalue weighted by Crippen LogP contribution is 2.48. The van der Waals surface area contributed by atoms with Gasteiger partial charge in [-0.15, -0.1) is 0 Å². The van der Waals surface area contributed by atoms with Gasteiger partial charge >= 0.3 is 8.80 Å². The number of anilines is 2. The Labute approximate surface area is 350 Å². The minimum atomic E-state index is -2.79. The van der Waals surface area contributed by atoms with Crippen LogP contribution in [-0.2, 0) is 24.1 Å². The lowest BCUT2D eigenvalue weighted by Crippen LogP contribution is -2.47. The quantitative estimate of drug-likeness (QED) is 0.112. The molecule has 0 N–H and O–H groups in total. The van der Waals surface area contributed by atoms with Crippen molar-refractivity contribution in [2.24, 2.45) is 0 Å². The largest absolute Gasteiger partial charge is 0.504 e. The molecular formula is C50H68N2O5Si. The van der Waals surface area contributed by atoms with Crippen molar-refractivity contribution in [1.82, 2.24) is 0 Å². The molecule has 0 amide bonds. The number of hydrogen-bond acceptors (Lipinski definition) is 7. The fraction of sp³-hybridized carbons (Fsp3) is 0.480. The van der Waals surface area contributed by atoms with Crippen molar-refractivity contribution in [1.29, 1.82) is 0 Å². The molecule has 6 rings (SSSR count). The van der Waals surface area contributed by atoms with E-state index in [1.54, 1.807) is 0 Å². The molecule has 3 aliphatic rings. The number of allylic oxidation sites excluding steroid dienone is 6. The number of hydrogen-bond donors (Lipinski definition) is 0. The second kappa shape index (κ2) is 19.3. The number of ether oxygens (including phenoxy) is 2. The molecule has 1 atom stereocenters. The first-order valence-electron chi connectivity index (χ1n) is 21.9. The SMILES string of the molecule is CCCN1/C(=C/C=C2\CCCC(/C=C/C3N(CCC)c4ccccc4C3(C)C)=C2Oc2ccc(OCC[Si](OCC)(OCC)OCC)cc2)C(C)(C)c2ccccc21. The van der Waals surface area contributed by atoms with Gasteiger partial charge in [-0.1, -0.05) is 96.2 Å². The highest BCUT2D eigenvalue weighted by molar-refractivity contribution is 6.60. The van der Waals surface area contributed by atoms with Gasteiger partial charge < -0.3 is 32.6 Å². The van der Waals surface area contributed by atoms with Gasteiger partial charge in [-0.25, -0.2) is 0 Å². The third kappa shape index (κ3) is 9.21. The van der Waals surface area contributed by atoms with Gasteiger partial charge in [-0.2, -0.15) is 0 Å². The smallest absolute Gasteiger partial charge is 0.494 e. The number of para-hydroxylation sites is 2. The third-order valence-corrected chi connectivity index (χ3v) is 14.9. The first kappa shape index (κ1) is 43.5. The van der Waals surface area contributed by atoms with E-state index < -0.39 is 8.80 Å². The van der Waals surface area contributed by atoms with E-state index in [-0.39, 0.29) is 16.9 Å². The zero-order valence-corrected chi connectivity index (χ0v) is 37.7. The number of benzene rings is 3.